The van der Waals surface area contributed by atoms with E-state index in [1.807, 2.05) is 18.0 Å². The van der Waals surface area contributed by atoms with Crippen molar-refractivity contribution in [1.29, 1.82) is 0 Å². The Morgan fingerprint density at radius 1 is 1.63 bits per heavy atom. The molecule has 4 rings (SSSR count). The van der Waals surface area contributed by atoms with E-state index in [9.17, 15) is 4.79 Å². The van der Waals surface area contributed by atoms with E-state index in [0.29, 0.717) is 12.5 Å². The van der Waals surface area contributed by atoms with E-state index in [1.54, 1.807) is 6.20 Å². The van der Waals surface area contributed by atoms with Gasteiger partial charge in [0.2, 0.25) is 5.91 Å². The second kappa shape index (κ2) is 3.60. The second-order valence-electron chi connectivity index (χ2n) is 6.27. The zero-order chi connectivity index (χ0) is 13.1. The highest BCUT2D eigenvalue weighted by atomic mass is 16.5. The van der Waals surface area contributed by atoms with Gasteiger partial charge in [-0.1, -0.05) is 0 Å². The van der Waals surface area contributed by atoms with Crippen LogP contribution in [0.3, 0.4) is 0 Å². The fourth-order valence-electron chi connectivity index (χ4n) is 4.06. The summed E-state index contributed by atoms with van der Waals surface area (Å²) in [7, 11) is 1.89. The summed E-state index contributed by atoms with van der Waals surface area (Å²) in [5, 5.41) is 6.84. The van der Waals surface area contributed by atoms with Crippen LogP contribution in [0.15, 0.2) is 12.3 Å². The average Bonchev–Trinajstić information content (AvgIpc) is 2.75. The molecule has 0 radical (unpaired) electrons. The first-order valence-corrected chi connectivity index (χ1v) is 7.06. The van der Waals surface area contributed by atoms with Gasteiger partial charge < -0.3 is 9.64 Å². The number of aromatic nitrogens is 2. The van der Waals surface area contributed by atoms with Gasteiger partial charge >= 0.3 is 0 Å². The Morgan fingerprint density at radius 3 is 3.05 bits per heavy atom. The molecular weight excluding hydrogens is 242 g/mol. The number of hydrogen-bond acceptors (Lipinski definition) is 3. The largest absolute Gasteiger partial charge is 0.374 e. The summed E-state index contributed by atoms with van der Waals surface area (Å²) in [6, 6.07) is 1.91. The highest BCUT2D eigenvalue weighted by Crippen LogP contribution is 2.71. The maximum atomic E-state index is 12.9. The summed E-state index contributed by atoms with van der Waals surface area (Å²) in [6.07, 6.45) is 6.07. The predicted octanol–water partition coefficient (Wildman–Crippen LogP) is 1.33. The SMILES string of the molecule is CN(Cc1ccn[nH]1)C(=O)[C@]12C[C@H]1COC21CCC1. The number of carbonyl (C=O) groups is 1. The zero-order valence-electron chi connectivity index (χ0n) is 11.2. The van der Waals surface area contributed by atoms with E-state index in [1.165, 1.54) is 6.42 Å². The van der Waals surface area contributed by atoms with Gasteiger partial charge in [0.25, 0.3) is 0 Å². The van der Waals surface area contributed by atoms with Crippen molar-refractivity contribution in [1.82, 2.24) is 15.1 Å². The molecule has 1 aliphatic heterocycles. The minimum Gasteiger partial charge on any atom is -0.374 e. The molecule has 3 fully saturated rings. The van der Waals surface area contributed by atoms with Gasteiger partial charge in [0.1, 0.15) is 0 Å². The lowest BCUT2D eigenvalue weighted by atomic mass is 9.68. The maximum absolute atomic E-state index is 12.9. The summed E-state index contributed by atoms with van der Waals surface area (Å²) in [5.74, 6) is 0.730. The third-order valence-corrected chi connectivity index (χ3v) is 5.33. The number of fused-ring (bicyclic) bond motifs is 2. The number of carbonyl (C=O) groups excluding carboxylic acids is 1. The van der Waals surface area contributed by atoms with Crippen molar-refractivity contribution in [3.8, 4) is 0 Å². The predicted molar refractivity (Wildman–Crippen MR) is 68.1 cm³/mol. The highest BCUT2D eigenvalue weighted by Gasteiger charge is 2.77. The molecule has 3 aliphatic rings. The molecule has 1 aromatic rings. The summed E-state index contributed by atoms with van der Waals surface area (Å²) in [6.45, 7) is 1.38. The molecule has 5 heteroatoms. The molecule has 2 heterocycles. The maximum Gasteiger partial charge on any atom is 0.232 e. The molecule has 0 bridgehead atoms. The Labute approximate surface area is 112 Å². The van der Waals surface area contributed by atoms with Gasteiger partial charge in [0, 0.05) is 19.2 Å². The third kappa shape index (κ3) is 1.34. The van der Waals surface area contributed by atoms with Crippen LogP contribution in [0.2, 0.25) is 0 Å². The minimum absolute atomic E-state index is 0.114. The van der Waals surface area contributed by atoms with Crippen LogP contribution in [0.1, 0.15) is 31.4 Å². The van der Waals surface area contributed by atoms with Crippen molar-refractivity contribution in [3.05, 3.63) is 18.0 Å². The topological polar surface area (TPSA) is 58.2 Å². The van der Waals surface area contributed by atoms with Gasteiger partial charge in [-0.3, -0.25) is 9.89 Å². The van der Waals surface area contributed by atoms with Crippen LogP contribution in [0.4, 0.5) is 0 Å². The van der Waals surface area contributed by atoms with E-state index in [0.717, 1.165) is 31.6 Å². The number of ether oxygens (including phenoxy) is 1. The zero-order valence-corrected chi connectivity index (χ0v) is 11.2. The summed E-state index contributed by atoms with van der Waals surface area (Å²) in [5.41, 5.74) is 0.669. The number of nitrogens with one attached hydrogen (secondary N) is 1. The molecule has 2 atom stereocenters. The molecule has 0 unspecified atom stereocenters. The first-order valence-electron chi connectivity index (χ1n) is 7.06. The molecule has 0 aromatic carbocycles. The Hall–Kier alpha value is -1.36. The molecule has 2 aliphatic carbocycles. The molecule has 1 amide bonds. The van der Waals surface area contributed by atoms with Crippen LogP contribution in [0.5, 0.6) is 0 Å². The van der Waals surface area contributed by atoms with Gasteiger partial charge in [-0.25, -0.2) is 0 Å². The molecule has 102 valence electrons. The van der Waals surface area contributed by atoms with Crippen molar-refractivity contribution in [2.75, 3.05) is 13.7 Å². The fourth-order valence-corrected chi connectivity index (χ4v) is 4.06. The number of H-pyrrole nitrogens is 1. The lowest BCUT2D eigenvalue weighted by molar-refractivity contribution is -0.157. The number of aromatic amines is 1. The molecule has 2 saturated carbocycles. The van der Waals surface area contributed by atoms with Crippen LogP contribution in [0.25, 0.3) is 0 Å². The molecule has 1 spiro atoms. The third-order valence-electron chi connectivity index (χ3n) is 5.33. The molecule has 1 N–H and O–H groups in total. The van der Waals surface area contributed by atoms with Crippen LogP contribution < -0.4 is 0 Å². The summed E-state index contributed by atoms with van der Waals surface area (Å²) in [4.78, 5) is 14.7. The normalized spacial score (nSPS) is 33.8. The average molecular weight is 261 g/mol. The smallest absolute Gasteiger partial charge is 0.232 e. The van der Waals surface area contributed by atoms with E-state index < -0.39 is 0 Å². The van der Waals surface area contributed by atoms with Crippen LogP contribution in [-0.2, 0) is 16.1 Å². The Balaban J connectivity index is 1.54. The lowest BCUT2D eigenvalue weighted by Gasteiger charge is -2.45. The van der Waals surface area contributed by atoms with Crippen molar-refractivity contribution >= 4 is 5.91 Å². The summed E-state index contributed by atoms with van der Waals surface area (Å²) >= 11 is 0. The number of amides is 1. The van der Waals surface area contributed by atoms with Crippen molar-refractivity contribution in [2.45, 2.75) is 37.8 Å². The van der Waals surface area contributed by atoms with Gasteiger partial charge in [0.05, 0.1) is 29.9 Å². The fraction of sp³-hybridized carbons (Fsp3) is 0.714. The summed E-state index contributed by atoms with van der Waals surface area (Å²) < 4.78 is 5.98. The molecule has 19 heavy (non-hydrogen) atoms. The standard InChI is InChI=1S/C14H19N3O2/c1-17(8-11-3-6-15-16-11)12(18)14-7-10(14)9-19-13(14)4-2-5-13/h3,6,10H,2,4-5,7-9H2,1H3,(H,15,16)/t10-,14-/m0/s1. The highest BCUT2D eigenvalue weighted by molar-refractivity contribution is 5.88. The van der Waals surface area contributed by atoms with Gasteiger partial charge in [-0.15, -0.1) is 0 Å². The molecule has 1 aromatic heterocycles. The molecule has 1 saturated heterocycles. The first-order chi connectivity index (χ1) is 9.18. The van der Waals surface area contributed by atoms with E-state index in [-0.39, 0.29) is 16.9 Å². The number of nitrogens with zero attached hydrogens (tertiary/aromatic N) is 2. The van der Waals surface area contributed by atoms with Crippen LogP contribution >= 0.6 is 0 Å². The number of rotatable bonds is 3. The monoisotopic (exact) mass is 261 g/mol. The van der Waals surface area contributed by atoms with Crippen molar-refractivity contribution < 1.29 is 9.53 Å². The Morgan fingerprint density at radius 2 is 2.47 bits per heavy atom. The van der Waals surface area contributed by atoms with Gasteiger partial charge in [-0.05, 0) is 31.7 Å². The van der Waals surface area contributed by atoms with E-state index in [2.05, 4.69) is 10.2 Å². The Bertz CT molecular complexity index is 509. The van der Waals surface area contributed by atoms with Crippen molar-refractivity contribution in [2.24, 2.45) is 11.3 Å². The number of hydrogen-bond donors (Lipinski definition) is 1. The van der Waals surface area contributed by atoms with E-state index in [4.69, 9.17) is 4.74 Å². The molecular formula is C14H19N3O2. The second-order valence-corrected chi connectivity index (χ2v) is 6.27. The minimum atomic E-state index is -0.194. The quantitative estimate of drug-likeness (QED) is 0.893. The van der Waals surface area contributed by atoms with Crippen LogP contribution in [0, 0.1) is 11.3 Å². The van der Waals surface area contributed by atoms with Crippen LogP contribution in [-0.4, -0.2) is 40.3 Å². The van der Waals surface area contributed by atoms with E-state index >= 15 is 0 Å². The van der Waals surface area contributed by atoms with Gasteiger partial charge in [-0.2, -0.15) is 5.10 Å². The lowest BCUT2D eigenvalue weighted by Crippen LogP contribution is -2.52. The Kier molecular flexibility index (Phi) is 2.17. The van der Waals surface area contributed by atoms with Gasteiger partial charge in [0.15, 0.2) is 0 Å². The first kappa shape index (κ1) is 11.5. The van der Waals surface area contributed by atoms with Crippen molar-refractivity contribution in [3.63, 3.8) is 0 Å². The molecule has 5 nitrogen and oxygen atoms in total.